The molecule has 0 fully saturated rings. The number of carbonyl (C=O) groups is 1. The summed E-state index contributed by atoms with van der Waals surface area (Å²) < 4.78 is 4.67. The number of hydrogen-bond donors (Lipinski definition) is 2. The number of benzene rings is 1. The van der Waals surface area contributed by atoms with Gasteiger partial charge in [0.2, 0.25) is 0 Å². The van der Waals surface area contributed by atoms with Crippen LogP contribution in [-0.2, 0) is 11.2 Å². The molecule has 5 heteroatoms. The first-order valence-electron chi connectivity index (χ1n) is 6.31. The monoisotopic (exact) mass is 271 g/mol. The van der Waals surface area contributed by atoms with Gasteiger partial charge >= 0.3 is 5.97 Å². The molecule has 0 aliphatic rings. The number of nitrogens with two attached hydrogens (primary N) is 1. The quantitative estimate of drug-likeness (QED) is 0.643. The van der Waals surface area contributed by atoms with Crippen molar-refractivity contribution in [3.63, 3.8) is 0 Å². The van der Waals surface area contributed by atoms with Crippen LogP contribution < -0.4 is 11.1 Å². The Morgan fingerprint density at radius 1 is 1.30 bits per heavy atom. The summed E-state index contributed by atoms with van der Waals surface area (Å²) in [6.45, 7) is 0.724. The van der Waals surface area contributed by atoms with Crippen LogP contribution in [0.5, 0.6) is 0 Å². The van der Waals surface area contributed by atoms with Gasteiger partial charge in [0.1, 0.15) is 5.82 Å². The number of pyridine rings is 1. The number of ether oxygens (including phenoxy) is 1. The van der Waals surface area contributed by atoms with Gasteiger partial charge in [-0.2, -0.15) is 0 Å². The van der Waals surface area contributed by atoms with Crippen molar-refractivity contribution >= 4 is 17.5 Å². The number of aromatic nitrogens is 1. The number of nitrogen functional groups attached to an aromatic ring is 1. The zero-order valence-electron chi connectivity index (χ0n) is 11.3. The maximum absolute atomic E-state index is 11.4. The molecule has 0 saturated heterocycles. The number of nitrogens with one attached hydrogen (secondary N) is 1. The number of esters is 1. The number of carbonyl (C=O) groups excluding carboxylic acids is 1. The summed E-state index contributed by atoms with van der Waals surface area (Å²) in [7, 11) is 1.36. The fourth-order valence-electron chi connectivity index (χ4n) is 1.79. The topological polar surface area (TPSA) is 77.2 Å². The third-order valence-electron chi connectivity index (χ3n) is 2.88. The molecule has 0 saturated carbocycles. The molecule has 0 bridgehead atoms. The van der Waals surface area contributed by atoms with Gasteiger partial charge in [-0.15, -0.1) is 0 Å². The lowest BCUT2D eigenvalue weighted by atomic mass is 10.1. The fourth-order valence-corrected chi connectivity index (χ4v) is 1.79. The number of anilines is 2. The van der Waals surface area contributed by atoms with Crippen molar-refractivity contribution in [2.45, 2.75) is 6.42 Å². The Hall–Kier alpha value is -2.56. The summed E-state index contributed by atoms with van der Waals surface area (Å²) >= 11 is 0. The average Bonchev–Trinajstić information content (AvgIpc) is 2.49. The molecule has 1 aromatic heterocycles. The van der Waals surface area contributed by atoms with Crippen LogP contribution in [0.2, 0.25) is 0 Å². The maximum Gasteiger partial charge on any atom is 0.338 e. The summed E-state index contributed by atoms with van der Waals surface area (Å²) in [6, 6.07) is 11.0. The molecule has 0 spiro atoms. The van der Waals surface area contributed by atoms with Crippen LogP contribution in [0.4, 0.5) is 11.5 Å². The molecule has 1 aromatic carbocycles. The summed E-state index contributed by atoms with van der Waals surface area (Å²) in [6.07, 6.45) is 2.43. The van der Waals surface area contributed by atoms with E-state index in [4.69, 9.17) is 5.73 Å². The summed E-state index contributed by atoms with van der Waals surface area (Å²) in [5.41, 5.74) is 8.07. The number of hydrogen-bond acceptors (Lipinski definition) is 5. The molecule has 2 rings (SSSR count). The Labute approximate surface area is 117 Å². The lowest BCUT2D eigenvalue weighted by molar-refractivity contribution is 0.0600. The van der Waals surface area contributed by atoms with Gasteiger partial charge in [0.05, 0.1) is 12.7 Å². The molecule has 1 heterocycles. The van der Waals surface area contributed by atoms with Crippen LogP contribution in [0, 0.1) is 0 Å². The SMILES string of the molecule is COC(=O)c1ccnc(NCCc2ccc(N)cc2)c1. The van der Waals surface area contributed by atoms with E-state index in [2.05, 4.69) is 15.0 Å². The molecule has 0 unspecified atom stereocenters. The molecule has 0 radical (unpaired) electrons. The lowest BCUT2D eigenvalue weighted by Crippen LogP contribution is -2.08. The smallest absolute Gasteiger partial charge is 0.338 e. The van der Waals surface area contributed by atoms with Gasteiger partial charge in [-0.1, -0.05) is 12.1 Å². The highest BCUT2D eigenvalue weighted by Crippen LogP contribution is 2.09. The molecule has 0 amide bonds. The minimum Gasteiger partial charge on any atom is -0.465 e. The Morgan fingerprint density at radius 2 is 2.05 bits per heavy atom. The molecule has 20 heavy (non-hydrogen) atoms. The van der Waals surface area contributed by atoms with Crippen LogP contribution >= 0.6 is 0 Å². The molecule has 0 aliphatic carbocycles. The largest absolute Gasteiger partial charge is 0.465 e. The van der Waals surface area contributed by atoms with Gasteiger partial charge in [-0.25, -0.2) is 9.78 Å². The van der Waals surface area contributed by atoms with Gasteiger partial charge in [-0.05, 0) is 36.2 Å². The summed E-state index contributed by atoms with van der Waals surface area (Å²) in [5.74, 6) is 0.289. The van der Waals surface area contributed by atoms with Crippen molar-refractivity contribution < 1.29 is 9.53 Å². The van der Waals surface area contributed by atoms with Gasteiger partial charge in [0.15, 0.2) is 0 Å². The van der Waals surface area contributed by atoms with Crippen LogP contribution in [0.15, 0.2) is 42.6 Å². The second-order valence-corrected chi connectivity index (χ2v) is 4.34. The van der Waals surface area contributed by atoms with Gasteiger partial charge in [0.25, 0.3) is 0 Å². The van der Waals surface area contributed by atoms with Crippen molar-refractivity contribution in [3.8, 4) is 0 Å². The van der Waals surface area contributed by atoms with E-state index in [0.29, 0.717) is 11.4 Å². The Balaban J connectivity index is 1.91. The van der Waals surface area contributed by atoms with Gasteiger partial charge in [-0.3, -0.25) is 0 Å². The van der Waals surface area contributed by atoms with Crippen molar-refractivity contribution in [2.24, 2.45) is 0 Å². The zero-order chi connectivity index (χ0) is 14.4. The lowest BCUT2D eigenvalue weighted by Gasteiger charge is -2.07. The van der Waals surface area contributed by atoms with E-state index in [1.807, 2.05) is 24.3 Å². The molecule has 0 aliphatic heterocycles. The molecule has 3 N–H and O–H groups in total. The molecular weight excluding hydrogens is 254 g/mol. The van der Waals surface area contributed by atoms with Crippen molar-refractivity contribution in [2.75, 3.05) is 24.7 Å². The molecular formula is C15H17N3O2. The first-order chi connectivity index (χ1) is 9.69. The van der Waals surface area contributed by atoms with Crippen molar-refractivity contribution in [1.82, 2.24) is 4.98 Å². The molecule has 104 valence electrons. The van der Waals surface area contributed by atoms with Crippen molar-refractivity contribution in [3.05, 3.63) is 53.7 Å². The van der Waals surface area contributed by atoms with E-state index in [1.165, 1.54) is 12.7 Å². The predicted octanol–water partition coefficient (Wildman–Crippen LogP) is 2.10. The summed E-state index contributed by atoms with van der Waals surface area (Å²) in [5, 5.41) is 3.18. The normalized spacial score (nSPS) is 10.1. The third kappa shape index (κ3) is 3.71. The maximum atomic E-state index is 11.4. The average molecular weight is 271 g/mol. The van der Waals surface area contributed by atoms with Crippen LogP contribution in [0.25, 0.3) is 0 Å². The molecule has 5 nitrogen and oxygen atoms in total. The fraction of sp³-hybridized carbons (Fsp3) is 0.200. The Bertz CT molecular complexity index is 582. The number of methoxy groups -OCH3 is 1. The van der Waals surface area contributed by atoms with Crippen LogP contribution in [0.3, 0.4) is 0 Å². The Morgan fingerprint density at radius 3 is 2.75 bits per heavy atom. The van der Waals surface area contributed by atoms with Crippen molar-refractivity contribution in [1.29, 1.82) is 0 Å². The number of nitrogens with zero attached hydrogens (tertiary/aromatic N) is 1. The van der Waals surface area contributed by atoms with Gasteiger partial charge in [0, 0.05) is 18.4 Å². The van der Waals surface area contributed by atoms with E-state index in [0.717, 1.165) is 18.7 Å². The van der Waals surface area contributed by atoms with E-state index in [1.54, 1.807) is 18.3 Å². The molecule has 2 aromatic rings. The first kappa shape index (κ1) is 13.9. The minimum atomic E-state index is -0.367. The van der Waals surface area contributed by atoms with Crippen LogP contribution in [0.1, 0.15) is 15.9 Å². The van der Waals surface area contributed by atoms with Crippen LogP contribution in [-0.4, -0.2) is 24.6 Å². The first-order valence-corrected chi connectivity index (χ1v) is 6.31. The highest BCUT2D eigenvalue weighted by molar-refractivity contribution is 5.89. The van der Waals surface area contributed by atoms with E-state index < -0.39 is 0 Å². The highest BCUT2D eigenvalue weighted by atomic mass is 16.5. The minimum absolute atomic E-state index is 0.367. The zero-order valence-corrected chi connectivity index (χ0v) is 11.3. The third-order valence-corrected chi connectivity index (χ3v) is 2.88. The Kier molecular flexibility index (Phi) is 4.55. The standard InChI is InChI=1S/C15H17N3O2/c1-20-15(19)12-7-9-18-14(10-12)17-8-6-11-2-4-13(16)5-3-11/h2-5,7,9-10H,6,8,16H2,1H3,(H,17,18). The van der Waals surface area contributed by atoms with E-state index >= 15 is 0 Å². The van der Waals surface area contributed by atoms with E-state index in [9.17, 15) is 4.79 Å². The number of rotatable bonds is 5. The highest BCUT2D eigenvalue weighted by Gasteiger charge is 2.05. The second kappa shape index (κ2) is 6.56. The summed E-state index contributed by atoms with van der Waals surface area (Å²) in [4.78, 5) is 15.6. The predicted molar refractivity (Wildman–Crippen MR) is 78.6 cm³/mol. The molecule has 0 atom stereocenters. The second-order valence-electron chi connectivity index (χ2n) is 4.34. The van der Waals surface area contributed by atoms with Gasteiger partial charge < -0.3 is 15.8 Å². The van der Waals surface area contributed by atoms with E-state index in [-0.39, 0.29) is 5.97 Å².